The molecule has 4 aromatic carbocycles. The molecule has 0 radical (unpaired) electrons. The van der Waals surface area contributed by atoms with Gasteiger partial charge in [-0.3, -0.25) is 19.2 Å². The van der Waals surface area contributed by atoms with Crippen LogP contribution in [0.15, 0.2) is 94.7 Å². The van der Waals surface area contributed by atoms with Crippen LogP contribution in [0, 0.1) is 36.5 Å². The van der Waals surface area contributed by atoms with Gasteiger partial charge in [0.25, 0.3) is 0 Å². The molecule has 0 saturated heterocycles. The summed E-state index contributed by atoms with van der Waals surface area (Å²) in [5, 5.41) is 0. The van der Waals surface area contributed by atoms with Gasteiger partial charge in [0.15, 0.2) is 23.0 Å². The molecule has 320 valence electrons. The molecule has 1 fully saturated rings. The summed E-state index contributed by atoms with van der Waals surface area (Å²) in [5.41, 5.74) is -0.0728. The lowest BCUT2D eigenvalue weighted by Crippen LogP contribution is -2.53. The Morgan fingerprint density at radius 2 is 0.800 bits per heavy atom. The number of benzene rings is 4. The molecule has 5 rings (SSSR count). The van der Waals surface area contributed by atoms with E-state index in [0.29, 0.717) is 0 Å². The minimum Gasteiger partial charge on any atom is -0.493 e. The molecule has 1 aliphatic rings. The first kappa shape index (κ1) is 45.3. The SMILES string of the molecule is COc1cc(C2C(C(=O)OC(=O)C(C)(C)C)C(c3ccc(OS(=O)(=O)c4ccc(C)cc4)c(OC)c3)C2C(=O)OC(=O)C(C)(C)C)ccc1OS(=O)(=O)c1ccc(C)cc1. The molecular formula is C44H48O14S2. The van der Waals surface area contributed by atoms with Crippen molar-refractivity contribution in [3.8, 4) is 23.0 Å². The second-order valence-corrected chi connectivity index (χ2v) is 19.6. The van der Waals surface area contributed by atoms with Gasteiger partial charge in [0, 0.05) is 11.8 Å². The van der Waals surface area contributed by atoms with Crippen molar-refractivity contribution >= 4 is 44.1 Å². The summed E-state index contributed by atoms with van der Waals surface area (Å²) >= 11 is 0. The Morgan fingerprint density at radius 3 is 1.08 bits per heavy atom. The summed E-state index contributed by atoms with van der Waals surface area (Å²) in [6.07, 6.45) is 0. The van der Waals surface area contributed by atoms with E-state index in [-0.39, 0.29) is 43.9 Å². The third-order valence-corrected chi connectivity index (χ3v) is 12.4. The van der Waals surface area contributed by atoms with Gasteiger partial charge in [-0.25, -0.2) is 0 Å². The minimum atomic E-state index is -4.34. The predicted octanol–water partition coefficient (Wildman–Crippen LogP) is 7.20. The first-order chi connectivity index (χ1) is 27.9. The Bertz CT molecular complexity index is 2330. The van der Waals surface area contributed by atoms with Gasteiger partial charge in [-0.1, -0.05) is 47.5 Å². The average Bonchev–Trinajstić information content (AvgIpc) is 3.14. The molecule has 0 N–H and O–H groups in total. The van der Waals surface area contributed by atoms with Crippen molar-refractivity contribution < 1.29 is 63.3 Å². The smallest absolute Gasteiger partial charge is 0.339 e. The zero-order valence-corrected chi connectivity index (χ0v) is 36.6. The third kappa shape index (κ3) is 9.82. The van der Waals surface area contributed by atoms with Crippen LogP contribution in [0.4, 0.5) is 0 Å². The Morgan fingerprint density at radius 1 is 0.483 bits per heavy atom. The molecule has 0 heterocycles. The summed E-state index contributed by atoms with van der Waals surface area (Å²) in [4.78, 5) is 54.5. The topological polar surface area (TPSA) is 192 Å². The van der Waals surface area contributed by atoms with Crippen LogP contribution in [0.1, 0.15) is 75.6 Å². The fourth-order valence-corrected chi connectivity index (χ4v) is 8.33. The highest BCUT2D eigenvalue weighted by molar-refractivity contribution is 7.87. The van der Waals surface area contributed by atoms with E-state index in [1.165, 1.54) is 74.9 Å². The number of carbonyl (C=O) groups excluding carboxylic acids is 4. The number of methoxy groups -OCH3 is 2. The monoisotopic (exact) mass is 864 g/mol. The summed E-state index contributed by atoms with van der Waals surface area (Å²) in [6, 6.07) is 20.2. The molecule has 4 aromatic rings. The highest BCUT2D eigenvalue weighted by Crippen LogP contribution is 2.60. The van der Waals surface area contributed by atoms with Crippen LogP contribution in [0.25, 0.3) is 0 Å². The number of rotatable bonds is 12. The molecular weight excluding hydrogens is 817 g/mol. The predicted molar refractivity (Wildman–Crippen MR) is 218 cm³/mol. The Kier molecular flexibility index (Phi) is 12.9. The minimum absolute atomic E-state index is 0.0830. The highest BCUT2D eigenvalue weighted by Gasteiger charge is 2.61. The molecule has 0 atom stereocenters. The highest BCUT2D eigenvalue weighted by atomic mass is 32.2. The first-order valence-corrected chi connectivity index (χ1v) is 21.6. The van der Waals surface area contributed by atoms with E-state index in [1.807, 2.05) is 0 Å². The van der Waals surface area contributed by atoms with Gasteiger partial charge in [-0.05, 0) is 115 Å². The number of aryl methyl sites for hydroxylation is 2. The summed E-state index contributed by atoms with van der Waals surface area (Å²) < 4.78 is 85.8. The van der Waals surface area contributed by atoms with Gasteiger partial charge in [0.05, 0.1) is 36.9 Å². The number of hydrogen-bond donors (Lipinski definition) is 0. The molecule has 0 aliphatic heterocycles. The molecule has 16 heteroatoms. The van der Waals surface area contributed by atoms with E-state index in [2.05, 4.69) is 0 Å². The van der Waals surface area contributed by atoms with Gasteiger partial charge in [-0.2, -0.15) is 16.8 Å². The lowest BCUT2D eigenvalue weighted by Gasteiger charge is -2.49. The van der Waals surface area contributed by atoms with Gasteiger partial charge >= 0.3 is 44.1 Å². The van der Waals surface area contributed by atoms with Gasteiger partial charge in [0.2, 0.25) is 0 Å². The van der Waals surface area contributed by atoms with Crippen molar-refractivity contribution in [2.24, 2.45) is 22.7 Å². The van der Waals surface area contributed by atoms with Crippen LogP contribution in [-0.2, 0) is 48.9 Å². The van der Waals surface area contributed by atoms with Crippen molar-refractivity contribution in [2.45, 2.75) is 77.0 Å². The van der Waals surface area contributed by atoms with E-state index in [1.54, 1.807) is 79.7 Å². The Labute approximate surface area is 350 Å². The second-order valence-electron chi connectivity index (χ2n) is 16.5. The van der Waals surface area contributed by atoms with Crippen molar-refractivity contribution in [1.82, 2.24) is 0 Å². The normalized spacial score (nSPS) is 18.0. The van der Waals surface area contributed by atoms with Crippen molar-refractivity contribution in [1.29, 1.82) is 0 Å². The quantitative estimate of drug-likeness (QED) is 0.0789. The van der Waals surface area contributed by atoms with E-state index in [0.717, 1.165) is 11.1 Å². The lowest BCUT2D eigenvalue weighted by atomic mass is 9.52. The van der Waals surface area contributed by atoms with E-state index in [9.17, 15) is 36.0 Å². The molecule has 0 bridgehead atoms. The van der Waals surface area contributed by atoms with Crippen LogP contribution in [0.3, 0.4) is 0 Å². The summed E-state index contributed by atoms with van der Waals surface area (Å²) in [6.45, 7) is 12.9. The standard InChI is InChI=1S/C44H48O14S2/c1-25-11-17-29(18-12-25)59(49,50)57-31-21-15-27(23-33(31)53-9)35-37(39(45)55-41(47)43(3,4)5)36(38(35)40(46)56-42(48)44(6,7)8)28-16-22-32(34(24-28)54-10)58-60(51,52)30-19-13-26(2)14-20-30/h11-24,35-38H,1-10H3. The third-order valence-electron chi connectivity index (χ3n) is 9.87. The molecule has 60 heavy (non-hydrogen) atoms. The molecule has 1 saturated carbocycles. The van der Waals surface area contributed by atoms with Crippen molar-refractivity contribution in [2.75, 3.05) is 14.2 Å². The molecule has 0 spiro atoms. The van der Waals surface area contributed by atoms with Crippen molar-refractivity contribution in [3.63, 3.8) is 0 Å². The van der Waals surface area contributed by atoms with E-state index in [4.69, 9.17) is 27.3 Å². The average molecular weight is 865 g/mol. The Balaban J connectivity index is 1.63. The largest absolute Gasteiger partial charge is 0.493 e. The van der Waals surface area contributed by atoms with Gasteiger partial charge in [-0.15, -0.1) is 0 Å². The molecule has 14 nitrogen and oxygen atoms in total. The van der Waals surface area contributed by atoms with Gasteiger partial charge in [0.1, 0.15) is 9.79 Å². The molecule has 0 aromatic heterocycles. The van der Waals surface area contributed by atoms with Crippen LogP contribution < -0.4 is 17.8 Å². The van der Waals surface area contributed by atoms with Crippen LogP contribution in [0.2, 0.25) is 0 Å². The molecule has 0 amide bonds. The van der Waals surface area contributed by atoms with Crippen LogP contribution in [0.5, 0.6) is 23.0 Å². The van der Waals surface area contributed by atoms with Crippen LogP contribution in [-0.4, -0.2) is 54.9 Å². The summed E-state index contributed by atoms with van der Waals surface area (Å²) in [7, 11) is -6.14. The van der Waals surface area contributed by atoms with Crippen LogP contribution >= 0.6 is 0 Å². The maximum atomic E-state index is 14.2. The number of esters is 4. The fraction of sp³-hybridized carbons (Fsp3) is 0.364. The zero-order chi connectivity index (χ0) is 44.5. The number of ether oxygens (including phenoxy) is 4. The molecule has 0 unspecified atom stereocenters. The van der Waals surface area contributed by atoms with Gasteiger partial charge < -0.3 is 27.3 Å². The second kappa shape index (κ2) is 17.1. The maximum absolute atomic E-state index is 14.2. The maximum Gasteiger partial charge on any atom is 0.339 e. The fourth-order valence-electron chi connectivity index (χ4n) is 6.45. The number of hydrogen-bond acceptors (Lipinski definition) is 14. The summed E-state index contributed by atoms with van der Waals surface area (Å²) in [5.74, 6) is -9.28. The zero-order valence-electron chi connectivity index (χ0n) is 34.9. The molecule has 1 aliphatic carbocycles. The first-order valence-electron chi connectivity index (χ1n) is 18.8. The Hall–Kier alpha value is -5.74. The van der Waals surface area contributed by atoms with E-state index >= 15 is 0 Å². The lowest BCUT2D eigenvalue weighted by molar-refractivity contribution is -0.179. The van der Waals surface area contributed by atoms with Crippen molar-refractivity contribution in [3.05, 3.63) is 107 Å². The van der Waals surface area contributed by atoms with E-state index < -0.39 is 78.6 Å². The number of carbonyl (C=O) groups is 4.